The molecule has 0 radical (unpaired) electrons. The second kappa shape index (κ2) is 8.47. The van der Waals surface area contributed by atoms with Crippen molar-refractivity contribution in [2.24, 2.45) is 0 Å². The molecule has 25 heavy (non-hydrogen) atoms. The number of hydrogen-bond donors (Lipinski definition) is 0. The zero-order chi connectivity index (χ0) is 19.3. The lowest BCUT2D eigenvalue weighted by Gasteiger charge is -2.35. The van der Waals surface area contributed by atoms with Crippen LogP contribution in [0.25, 0.3) is 0 Å². The first kappa shape index (κ1) is 21.9. The van der Waals surface area contributed by atoms with Crippen molar-refractivity contribution >= 4 is 26.0 Å². The van der Waals surface area contributed by atoms with Crippen LogP contribution in [0, 0.1) is 11.3 Å². The maximum atomic E-state index is 12.9. The third-order valence-corrected chi connectivity index (χ3v) is 6.78. The van der Waals surface area contributed by atoms with Crippen LogP contribution < -0.4 is 0 Å². The van der Waals surface area contributed by atoms with Crippen molar-refractivity contribution in [3.8, 4) is 6.07 Å². The minimum Gasteiger partial charge on any atom is -0.250 e. The van der Waals surface area contributed by atoms with Crippen LogP contribution in [0.4, 0.5) is 17.6 Å². The van der Waals surface area contributed by atoms with Gasteiger partial charge in [-0.1, -0.05) is 34.1 Å². The molecule has 0 saturated carbocycles. The Morgan fingerprint density at radius 2 is 2.00 bits per heavy atom. The van der Waals surface area contributed by atoms with E-state index in [4.69, 9.17) is 5.26 Å². The summed E-state index contributed by atoms with van der Waals surface area (Å²) in [4.78, 5) is -0.780. The molecule has 10 heteroatoms. The van der Waals surface area contributed by atoms with E-state index in [-0.39, 0.29) is 18.7 Å². The number of rotatable bonds is 8. The number of nitrogens with zero attached hydrogens (tertiary/aromatic N) is 2. The summed E-state index contributed by atoms with van der Waals surface area (Å²) in [5.41, 5.74) is -0.979. The minimum atomic E-state index is -4.59. The highest BCUT2D eigenvalue weighted by atomic mass is 79.9. The lowest BCUT2D eigenvalue weighted by Crippen LogP contribution is -2.56. The quantitative estimate of drug-likeness (QED) is 0.265. The molecule has 0 spiro atoms. The molecular weight excluding hydrogens is 428 g/mol. The highest BCUT2D eigenvalue weighted by Crippen LogP contribution is 2.31. The lowest BCUT2D eigenvalue weighted by molar-refractivity contribution is -0.796. The molecule has 0 saturated heterocycles. The molecular formula is C15H18BrF4N2O2S+. The smallest absolute Gasteiger partial charge is 0.250 e. The first-order chi connectivity index (χ1) is 11.5. The Hall–Kier alpha value is -1.18. The van der Waals surface area contributed by atoms with Gasteiger partial charge >= 0.3 is 16.2 Å². The molecule has 4 nitrogen and oxygen atoms in total. The number of halogens is 5. The van der Waals surface area contributed by atoms with E-state index in [1.165, 1.54) is 6.07 Å². The van der Waals surface area contributed by atoms with Gasteiger partial charge in [-0.25, -0.2) is 8.28 Å². The Labute approximate surface area is 152 Å². The normalized spacial score (nSPS) is 16.0. The van der Waals surface area contributed by atoms with E-state index in [0.717, 1.165) is 18.2 Å². The summed E-state index contributed by atoms with van der Waals surface area (Å²) in [6.07, 6.45) is -4.59. The molecule has 0 aliphatic rings. The third kappa shape index (κ3) is 5.39. The molecule has 0 bridgehead atoms. The molecule has 0 aliphatic carbocycles. The topological polar surface area (TPSA) is 57.9 Å². The Kier molecular flexibility index (Phi) is 7.40. The molecule has 2 atom stereocenters. The molecule has 0 fully saturated rings. The molecule has 1 aromatic carbocycles. The van der Waals surface area contributed by atoms with Crippen LogP contribution in [0.15, 0.2) is 24.3 Å². The van der Waals surface area contributed by atoms with Gasteiger partial charge in [-0.2, -0.15) is 26.9 Å². The summed E-state index contributed by atoms with van der Waals surface area (Å²) in [5.74, 6) is -0.668. The van der Waals surface area contributed by atoms with Crippen molar-refractivity contribution < 1.29 is 29.9 Å². The van der Waals surface area contributed by atoms with Crippen molar-refractivity contribution in [3.05, 3.63) is 35.4 Å². The van der Waals surface area contributed by atoms with E-state index in [0.29, 0.717) is 0 Å². The SMILES string of the molecule is CC[N+](CC#N)(CC(Br)CF)S(=O)(=O)Cc1cccc(C(F)(F)F)c1. The van der Waals surface area contributed by atoms with Gasteiger partial charge in [-0.3, -0.25) is 0 Å². The number of benzene rings is 1. The fourth-order valence-electron chi connectivity index (χ4n) is 2.44. The van der Waals surface area contributed by atoms with Gasteiger partial charge in [-0.15, -0.1) is 0 Å². The average Bonchev–Trinajstić information content (AvgIpc) is 2.53. The third-order valence-electron chi connectivity index (χ3n) is 3.83. The maximum Gasteiger partial charge on any atom is 0.416 e. The minimum absolute atomic E-state index is 0.00302. The van der Waals surface area contributed by atoms with Crippen LogP contribution in [-0.4, -0.2) is 43.4 Å². The average molecular weight is 446 g/mol. The monoisotopic (exact) mass is 445 g/mol. The molecule has 0 aliphatic heterocycles. The van der Waals surface area contributed by atoms with Crippen LogP contribution in [0.1, 0.15) is 18.1 Å². The van der Waals surface area contributed by atoms with E-state index >= 15 is 0 Å². The zero-order valence-corrected chi connectivity index (χ0v) is 15.8. The van der Waals surface area contributed by atoms with E-state index in [1.54, 1.807) is 13.0 Å². The Bertz CT molecular complexity index is 734. The number of quaternary nitrogens is 1. The van der Waals surface area contributed by atoms with Crippen LogP contribution >= 0.6 is 15.9 Å². The highest BCUT2D eigenvalue weighted by molar-refractivity contribution is 9.09. The van der Waals surface area contributed by atoms with Gasteiger partial charge < -0.3 is 0 Å². The molecule has 0 aromatic heterocycles. The fraction of sp³-hybridized carbons (Fsp3) is 0.533. The summed E-state index contributed by atoms with van der Waals surface area (Å²) in [7, 11) is -4.07. The number of alkyl halides is 5. The number of nitriles is 1. The number of hydrogen-bond acceptors (Lipinski definition) is 3. The van der Waals surface area contributed by atoms with E-state index in [9.17, 15) is 26.0 Å². The second-order valence-electron chi connectivity index (χ2n) is 5.55. The zero-order valence-electron chi connectivity index (χ0n) is 13.4. The van der Waals surface area contributed by atoms with E-state index in [2.05, 4.69) is 15.9 Å². The van der Waals surface area contributed by atoms with Gasteiger partial charge in [0.1, 0.15) is 25.0 Å². The van der Waals surface area contributed by atoms with Crippen molar-refractivity contribution in [2.45, 2.75) is 23.7 Å². The first-order valence-electron chi connectivity index (χ1n) is 7.33. The molecule has 1 rings (SSSR count). The Balaban J connectivity index is 3.26. The maximum absolute atomic E-state index is 12.9. The van der Waals surface area contributed by atoms with Crippen molar-refractivity contribution in [3.63, 3.8) is 0 Å². The predicted molar refractivity (Wildman–Crippen MR) is 88.9 cm³/mol. The molecule has 0 heterocycles. The molecule has 140 valence electrons. The van der Waals surface area contributed by atoms with Gasteiger partial charge in [0, 0.05) is 0 Å². The van der Waals surface area contributed by atoms with Gasteiger partial charge in [-0.05, 0) is 18.6 Å². The fourth-order valence-corrected chi connectivity index (χ4v) is 5.11. The predicted octanol–water partition coefficient (Wildman–Crippen LogP) is 3.63. The van der Waals surface area contributed by atoms with Crippen molar-refractivity contribution in [2.75, 3.05) is 26.3 Å². The summed E-state index contributed by atoms with van der Waals surface area (Å²) in [6.45, 7) is 0.0994. The van der Waals surface area contributed by atoms with Gasteiger partial charge in [0.25, 0.3) is 0 Å². The molecule has 1 aromatic rings. The molecule has 0 N–H and O–H groups in total. The van der Waals surface area contributed by atoms with Crippen molar-refractivity contribution in [1.29, 1.82) is 5.26 Å². The van der Waals surface area contributed by atoms with Gasteiger partial charge in [0.2, 0.25) is 0 Å². The largest absolute Gasteiger partial charge is 0.416 e. The van der Waals surface area contributed by atoms with Crippen LogP contribution in [0.5, 0.6) is 0 Å². The van der Waals surface area contributed by atoms with E-state index < -0.39 is 49.5 Å². The summed E-state index contributed by atoms with van der Waals surface area (Å²) >= 11 is 3.03. The summed E-state index contributed by atoms with van der Waals surface area (Å²) in [5, 5.41) is 9.01. The van der Waals surface area contributed by atoms with Crippen LogP contribution in [-0.2, 0) is 22.0 Å². The standard InChI is InChI=1S/C15H18BrF4N2O2S/c1-2-22(7-6-21,10-14(16)9-17)25(23,24)11-12-4-3-5-13(8-12)15(18,19)20/h3-5,8,14H,2,7,9-11H2,1H3/q+1. The van der Waals surface area contributed by atoms with Crippen LogP contribution in [0.2, 0.25) is 0 Å². The Morgan fingerprint density at radius 3 is 2.48 bits per heavy atom. The van der Waals surface area contributed by atoms with Gasteiger partial charge in [0.15, 0.2) is 6.54 Å². The van der Waals surface area contributed by atoms with Gasteiger partial charge in [0.05, 0.1) is 16.9 Å². The first-order valence-corrected chi connectivity index (χ1v) is 9.86. The second-order valence-corrected chi connectivity index (χ2v) is 9.07. The summed E-state index contributed by atoms with van der Waals surface area (Å²) in [6, 6.07) is 5.83. The van der Waals surface area contributed by atoms with Crippen LogP contribution in [0.3, 0.4) is 0 Å². The van der Waals surface area contributed by atoms with E-state index in [1.807, 2.05) is 0 Å². The number of sulfonamides is 1. The molecule has 2 unspecified atom stereocenters. The molecule has 0 amide bonds. The Morgan fingerprint density at radius 1 is 1.36 bits per heavy atom. The lowest BCUT2D eigenvalue weighted by atomic mass is 10.1. The highest BCUT2D eigenvalue weighted by Gasteiger charge is 2.42. The summed E-state index contributed by atoms with van der Waals surface area (Å²) < 4.78 is 76.2. The van der Waals surface area contributed by atoms with Crippen molar-refractivity contribution in [1.82, 2.24) is 0 Å².